The highest BCUT2D eigenvalue weighted by atomic mass is 16.2. The van der Waals surface area contributed by atoms with Gasteiger partial charge in [-0.25, -0.2) is 9.48 Å². The smallest absolute Gasteiger partial charge is 0.343 e. The summed E-state index contributed by atoms with van der Waals surface area (Å²) in [5, 5.41) is 4.56. The number of piperidine rings is 1. The van der Waals surface area contributed by atoms with Crippen molar-refractivity contribution < 1.29 is 4.79 Å². The van der Waals surface area contributed by atoms with Crippen molar-refractivity contribution in [3.05, 3.63) is 88.1 Å². The van der Waals surface area contributed by atoms with Gasteiger partial charge in [0.15, 0.2) is 0 Å². The minimum absolute atomic E-state index is 0.0599. The highest BCUT2D eigenvalue weighted by Gasteiger charge is 2.28. The molecular formula is C26H32N4O2. The maximum atomic E-state index is 12.7. The van der Waals surface area contributed by atoms with E-state index in [-0.39, 0.29) is 17.5 Å². The predicted octanol–water partition coefficient (Wildman–Crippen LogP) is 3.55. The fraction of sp³-hybridized carbons (Fsp3) is 0.423. The first-order valence-corrected chi connectivity index (χ1v) is 11.6. The van der Waals surface area contributed by atoms with Crippen LogP contribution in [0.2, 0.25) is 0 Å². The first-order chi connectivity index (χ1) is 15.6. The van der Waals surface area contributed by atoms with E-state index in [1.165, 1.54) is 15.8 Å². The summed E-state index contributed by atoms with van der Waals surface area (Å²) in [4.78, 5) is 27.3. The fourth-order valence-electron chi connectivity index (χ4n) is 4.55. The average Bonchev–Trinajstić information content (AvgIpc) is 3.12. The van der Waals surface area contributed by atoms with Gasteiger partial charge in [0.25, 0.3) is 0 Å². The Kier molecular flexibility index (Phi) is 7.20. The van der Waals surface area contributed by atoms with Crippen molar-refractivity contribution in [2.24, 2.45) is 7.05 Å². The van der Waals surface area contributed by atoms with Gasteiger partial charge < -0.3 is 4.90 Å². The molecule has 1 amide bonds. The fourth-order valence-corrected chi connectivity index (χ4v) is 4.55. The lowest BCUT2D eigenvalue weighted by Crippen LogP contribution is -2.38. The summed E-state index contributed by atoms with van der Waals surface area (Å²) in [6.45, 7) is 2.10. The SMILES string of the molecule is Cn1nc(C2CCN(C(=O)CCCc3ccccc3)CC2)n(CCc2ccccc2)c1=O. The molecule has 168 valence electrons. The number of benzene rings is 2. The van der Waals surface area contributed by atoms with Crippen LogP contribution in [0.25, 0.3) is 0 Å². The number of hydrogen-bond donors (Lipinski definition) is 0. The Hall–Kier alpha value is -3.15. The van der Waals surface area contributed by atoms with Gasteiger partial charge in [0.2, 0.25) is 5.91 Å². The topological polar surface area (TPSA) is 60.1 Å². The molecule has 0 N–H and O–H groups in total. The van der Waals surface area contributed by atoms with Crippen molar-refractivity contribution in [2.45, 2.75) is 51.0 Å². The van der Waals surface area contributed by atoms with E-state index in [0.29, 0.717) is 13.0 Å². The molecule has 32 heavy (non-hydrogen) atoms. The van der Waals surface area contributed by atoms with Crippen LogP contribution in [-0.2, 0) is 31.2 Å². The molecule has 2 aromatic carbocycles. The Bertz CT molecular complexity index is 1060. The van der Waals surface area contributed by atoms with E-state index in [2.05, 4.69) is 29.4 Å². The van der Waals surface area contributed by atoms with E-state index in [0.717, 1.165) is 51.0 Å². The maximum Gasteiger partial charge on any atom is 0.345 e. The predicted molar refractivity (Wildman–Crippen MR) is 126 cm³/mol. The Labute approximate surface area is 189 Å². The molecule has 6 heteroatoms. The first-order valence-electron chi connectivity index (χ1n) is 11.6. The zero-order valence-corrected chi connectivity index (χ0v) is 18.8. The normalized spacial score (nSPS) is 14.6. The Balaban J connectivity index is 1.31. The second-order valence-corrected chi connectivity index (χ2v) is 8.65. The second kappa shape index (κ2) is 10.4. The van der Waals surface area contributed by atoms with E-state index >= 15 is 0 Å². The standard InChI is InChI=1S/C26H32N4O2/c1-28-26(32)30(20-15-22-11-6-3-7-12-22)25(27-28)23-16-18-29(19-17-23)24(31)14-8-13-21-9-4-2-5-10-21/h2-7,9-12,23H,8,13-20H2,1H3. The van der Waals surface area contributed by atoms with Crippen molar-refractivity contribution >= 4 is 5.91 Å². The molecule has 1 aliphatic heterocycles. The number of likely N-dealkylation sites (tertiary alicyclic amines) is 1. The highest BCUT2D eigenvalue weighted by Crippen LogP contribution is 2.27. The van der Waals surface area contributed by atoms with Crippen LogP contribution in [0.15, 0.2) is 65.5 Å². The summed E-state index contributed by atoms with van der Waals surface area (Å²) >= 11 is 0. The van der Waals surface area contributed by atoms with Crippen LogP contribution in [0, 0.1) is 0 Å². The number of rotatable bonds is 8. The third-order valence-electron chi connectivity index (χ3n) is 6.42. The van der Waals surface area contributed by atoms with Gasteiger partial charge >= 0.3 is 5.69 Å². The van der Waals surface area contributed by atoms with Crippen LogP contribution in [0.3, 0.4) is 0 Å². The highest BCUT2D eigenvalue weighted by molar-refractivity contribution is 5.76. The van der Waals surface area contributed by atoms with E-state index in [4.69, 9.17) is 0 Å². The lowest BCUT2D eigenvalue weighted by atomic mass is 9.95. The van der Waals surface area contributed by atoms with Crippen LogP contribution in [0.4, 0.5) is 0 Å². The average molecular weight is 433 g/mol. The molecule has 0 aliphatic carbocycles. The number of carbonyl (C=O) groups is 1. The molecule has 1 saturated heterocycles. The Morgan fingerprint density at radius 1 is 0.938 bits per heavy atom. The third-order valence-corrected chi connectivity index (χ3v) is 6.42. The lowest BCUT2D eigenvalue weighted by molar-refractivity contribution is -0.132. The molecule has 0 atom stereocenters. The first kappa shape index (κ1) is 22.1. The zero-order valence-electron chi connectivity index (χ0n) is 18.8. The molecule has 4 rings (SSSR count). The van der Waals surface area contributed by atoms with E-state index < -0.39 is 0 Å². The van der Waals surface area contributed by atoms with Gasteiger partial charge in [-0.15, -0.1) is 0 Å². The molecule has 1 fully saturated rings. The molecule has 0 saturated carbocycles. The molecule has 0 radical (unpaired) electrons. The van der Waals surface area contributed by atoms with Gasteiger partial charge in [0.05, 0.1) is 0 Å². The summed E-state index contributed by atoms with van der Waals surface area (Å²) in [6, 6.07) is 20.5. The molecule has 0 bridgehead atoms. The van der Waals surface area contributed by atoms with Crippen LogP contribution in [0.1, 0.15) is 48.6 Å². The van der Waals surface area contributed by atoms with Gasteiger partial charge in [0, 0.05) is 39.0 Å². The van der Waals surface area contributed by atoms with Crippen molar-refractivity contribution in [2.75, 3.05) is 13.1 Å². The van der Waals surface area contributed by atoms with Crippen LogP contribution in [0.5, 0.6) is 0 Å². The Morgan fingerprint density at radius 3 is 2.16 bits per heavy atom. The molecule has 1 aliphatic rings. The maximum absolute atomic E-state index is 12.7. The number of aromatic nitrogens is 3. The monoisotopic (exact) mass is 432 g/mol. The number of nitrogens with zero attached hydrogens (tertiary/aromatic N) is 4. The van der Waals surface area contributed by atoms with Gasteiger partial charge in [-0.2, -0.15) is 5.10 Å². The summed E-state index contributed by atoms with van der Waals surface area (Å²) in [7, 11) is 1.72. The minimum atomic E-state index is -0.0599. The number of carbonyl (C=O) groups excluding carboxylic acids is 1. The third kappa shape index (κ3) is 5.36. The number of amides is 1. The van der Waals surface area contributed by atoms with Crippen molar-refractivity contribution in [1.29, 1.82) is 0 Å². The number of aryl methyl sites for hydroxylation is 3. The molecule has 6 nitrogen and oxygen atoms in total. The zero-order chi connectivity index (χ0) is 22.3. The van der Waals surface area contributed by atoms with Crippen molar-refractivity contribution in [1.82, 2.24) is 19.2 Å². The van der Waals surface area contributed by atoms with Crippen molar-refractivity contribution in [3.63, 3.8) is 0 Å². The molecular weight excluding hydrogens is 400 g/mol. The molecule has 3 aromatic rings. The van der Waals surface area contributed by atoms with Gasteiger partial charge in [-0.05, 0) is 43.2 Å². The number of hydrogen-bond acceptors (Lipinski definition) is 3. The van der Waals surface area contributed by atoms with Gasteiger partial charge in [-0.1, -0.05) is 60.7 Å². The summed E-state index contributed by atoms with van der Waals surface area (Å²) in [6.07, 6.45) is 4.91. The van der Waals surface area contributed by atoms with Crippen LogP contribution in [-0.4, -0.2) is 38.2 Å². The second-order valence-electron chi connectivity index (χ2n) is 8.65. The largest absolute Gasteiger partial charge is 0.345 e. The molecule has 0 unspecified atom stereocenters. The minimum Gasteiger partial charge on any atom is -0.343 e. The van der Waals surface area contributed by atoms with Crippen LogP contribution < -0.4 is 5.69 Å². The Morgan fingerprint density at radius 2 is 1.53 bits per heavy atom. The van der Waals surface area contributed by atoms with E-state index in [1.807, 2.05) is 45.9 Å². The molecule has 2 heterocycles. The van der Waals surface area contributed by atoms with Gasteiger partial charge in [-0.3, -0.25) is 9.36 Å². The van der Waals surface area contributed by atoms with Crippen LogP contribution >= 0.6 is 0 Å². The molecule has 1 aromatic heterocycles. The van der Waals surface area contributed by atoms with E-state index in [1.54, 1.807) is 7.05 Å². The quantitative estimate of drug-likeness (QED) is 0.547. The van der Waals surface area contributed by atoms with Crippen molar-refractivity contribution in [3.8, 4) is 0 Å². The lowest BCUT2D eigenvalue weighted by Gasteiger charge is -2.31. The summed E-state index contributed by atoms with van der Waals surface area (Å²) in [5.74, 6) is 1.32. The summed E-state index contributed by atoms with van der Waals surface area (Å²) in [5.41, 5.74) is 2.43. The summed E-state index contributed by atoms with van der Waals surface area (Å²) < 4.78 is 3.27. The molecule has 0 spiro atoms. The van der Waals surface area contributed by atoms with E-state index in [9.17, 15) is 9.59 Å². The van der Waals surface area contributed by atoms with Gasteiger partial charge in [0.1, 0.15) is 5.82 Å².